The van der Waals surface area contributed by atoms with Gasteiger partial charge in [-0.25, -0.2) is 13.6 Å². The molecule has 0 saturated heterocycles. The van der Waals surface area contributed by atoms with Gasteiger partial charge in [0.25, 0.3) is 0 Å². The molecule has 2 rings (SSSR count). The molecule has 2 aromatic rings. The predicted octanol–water partition coefficient (Wildman–Crippen LogP) is 2.80. The topological polar surface area (TPSA) is 89.3 Å². The highest BCUT2D eigenvalue weighted by atomic mass is 35.5. The molecule has 24 heavy (non-hydrogen) atoms. The van der Waals surface area contributed by atoms with Gasteiger partial charge in [0.1, 0.15) is 0 Å². The molecular weight excluding hydrogens is 348 g/mol. The Hall–Kier alpha value is -1.89. The summed E-state index contributed by atoms with van der Waals surface area (Å²) in [5.41, 5.74) is 1.81. The van der Waals surface area contributed by atoms with E-state index in [4.69, 9.17) is 16.7 Å². The van der Waals surface area contributed by atoms with Gasteiger partial charge in [-0.15, -0.1) is 0 Å². The van der Waals surface area contributed by atoms with Gasteiger partial charge in [0.05, 0.1) is 10.9 Å². The molecule has 0 saturated carbocycles. The summed E-state index contributed by atoms with van der Waals surface area (Å²) in [6.07, 6.45) is 0.818. The highest BCUT2D eigenvalue weighted by molar-refractivity contribution is 7.89. The van der Waals surface area contributed by atoms with Crippen molar-refractivity contribution in [1.29, 1.82) is 0 Å². The van der Waals surface area contributed by atoms with Crippen LogP contribution in [0.4, 0.5) is 0 Å². The number of nitrogens with one attached hydrogen (secondary N) is 1. The van der Waals surface area contributed by atoms with Crippen LogP contribution < -0.4 is 10.5 Å². The summed E-state index contributed by atoms with van der Waals surface area (Å²) in [6.45, 7) is 1.89. The van der Waals surface area contributed by atoms with Gasteiger partial charge in [-0.3, -0.25) is 4.79 Å². The summed E-state index contributed by atoms with van der Waals surface area (Å²) >= 11 is 5.95. The molecule has 3 N–H and O–H groups in total. The summed E-state index contributed by atoms with van der Waals surface area (Å²) in [6, 6.07) is 13.4. The maximum absolute atomic E-state index is 12.1. The average molecular weight is 367 g/mol. The molecule has 2 aromatic carbocycles. The monoisotopic (exact) mass is 366 g/mol. The second-order valence-corrected chi connectivity index (χ2v) is 7.53. The molecule has 5 nitrogen and oxygen atoms in total. The van der Waals surface area contributed by atoms with Gasteiger partial charge in [-0.05, 0) is 48.7 Å². The minimum Gasteiger partial charge on any atom is -0.350 e. The number of aryl methyl sites for hydroxylation is 1. The maximum Gasteiger partial charge on any atom is 0.238 e. The molecule has 0 unspecified atom stereocenters. The molecule has 0 aliphatic heterocycles. The van der Waals surface area contributed by atoms with Crippen molar-refractivity contribution in [3.63, 3.8) is 0 Å². The Morgan fingerprint density at radius 1 is 1.21 bits per heavy atom. The highest BCUT2D eigenvalue weighted by Crippen LogP contribution is 2.17. The summed E-state index contributed by atoms with van der Waals surface area (Å²) in [7, 11) is -3.69. The van der Waals surface area contributed by atoms with Crippen molar-refractivity contribution < 1.29 is 13.2 Å². The number of amides is 1. The fourth-order valence-electron chi connectivity index (χ4n) is 2.28. The van der Waals surface area contributed by atoms with Gasteiger partial charge in [-0.2, -0.15) is 0 Å². The number of hydrogen-bond donors (Lipinski definition) is 2. The van der Waals surface area contributed by atoms with Crippen LogP contribution in [0.15, 0.2) is 53.4 Å². The first-order valence-electron chi connectivity index (χ1n) is 7.42. The van der Waals surface area contributed by atoms with Gasteiger partial charge in [-0.1, -0.05) is 35.9 Å². The third-order valence-electron chi connectivity index (χ3n) is 3.62. The Labute approximate surface area is 146 Å². The molecule has 128 valence electrons. The smallest absolute Gasteiger partial charge is 0.238 e. The number of benzene rings is 2. The van der Waals surface area contributed by atoms with E-state index in [1.807, 2.05) is 25.1 Å². The van der Waals surface area contributed by atoms with E-state index in [1.54, 1.807) is 18.2 Å². The van der Waals surface area contributed by atoms with Gasteiger partial charge in [0, 0.05) is 11.4 Å². The van der Waals surface area contributed by atoms with Crippen LogP contribution in [-0.4, -0.2) is 14.3 Å². The van der Waals surface area contributed by atoms with Crippen LogP contribution in [0.25, 0.3) is 0 Å². The molecule has 1 atom stereocenters. The van der Waals surface area contributed by atoms with Crippen molar-refractivity contribution in [2.75, 3.05) is 0 Å². The zero-order chi connectivity index (χ0) is 17.7. The molecule has 0 bridgehead atoms. The molecule has 0 aliphatic carbocycles. The second kappa shape index (κ2) is 7.79. The number of halogens is 1. The van der Waals surface area contributed by atoms with Crippen LogP contribution in [0.3, 0.4) is 0 Å². The molecule has 1 amide bonds. The van der Waals surface area contributed by atoms with Gasteiger partial charge in [0.2, 0.25) is 15.9 Å². The standard InChI is InChI=1S/C17H19ClN2O3S/c1-12(14-3-2-4-15(18)11-14)20-17(21)10-7-13-5-8-16(9-6-13)24(19,22)23/h2-6,8-9,11-12H,7,10H2,1H3,(H,20,21)(H2,19,22,23)/t12-/m1/s1. The van der Waals surface area contributed by atoms with Gasteiger partial charge < -0.3 is 5.32 Å². The lowest BCUT2D eigenvalue weighted by Gasteiger charge is -2.14. The third kappa shape index (κ3) is 5.33. The number of carbonyl (C=O) groups is 1. The zero-order valence-electron chi connectivity index (χ0n) is 13.2. The fourth-order valence-corrected chi connectivity index (χ4v) is 2.99. The van der Waals surface area contributed by atoms with E-state index >= 15 is 0 Å². The van der Waals surface area contributed by atoms with E-state index in [2.05, 4.69) is 5.32 Å². The molecule has 7 heteroatoms. The molecule has 0 aromatic heterocycles. The molecule has 0 spiro atoms. The minimum absolute atomic E-state index is 0.0604. The molecular formula is C17H19ClN2O3S. The Bertz CT molecular complexity index is 820. The first kappa shape index (κ1) is 18.4. The first-order chi connectivity index (χ1) is 11.3. The third-order valence-corrected chi connectivity index (χ3v) is 4.78. The Morgan fingerprint density at radius 2 is 1.88 bits per heavy atom. The normalized spacial score (nSPS) is 12.6. The summed E-state index contributed by atoms with van der Waals surface area (Å²) in [4.78, 5) is 12.1. The lowest BCUT2D eigenvalue weighted by atomic mass is 10.1. The van der Waals surface area contributed by atoms with Crippen molar-refractivity contribution in [2.24, 2.45) is 5.14 Å². The fraction of sp³-hybridized carbons (Fsp3) is 0.235. The van der Waals surface area contributed by atoms with Gasteiger partial charge >= 0.3 is 0 Å². The molecule has 0 aliphatic rings. The predicted molar refractivity (Wildman–Crippen MR) is 94.1 cm³/mol. The van der Waals surface area contributed by atoms with Crippen LogP contribution in [0.5, 0.6) is 0 Å². The van der Waals surface area contributed by atoms with Gasteiger partial charge in [0.15, 0.2) is 0 Å². The highest BCUT2D eigenvalue weighted by Gasteiger charge is 2.11. The van der Waals surface area contributed by atoms with Crippen molar-refractivity contribution >= 4 is 27.5 Å². The van der Waals surface area contributed by atoms with E-state index in [1.165, 1.54) is 12.1 Å². The largest absolute Gasteiger partial charge is 0.350 e. The Morgan fingerprint density at radius 3 is 2.46 bits per heavy atom. The van der Waals surface area contributed by atoms with E-state index in [9.17, 15) is 13.2 Å². The second-order valence-electron chi connectivity index (χ2n) is 5.53. The van der Waals surface area contributed by atoms with Crippen molar-refractivity contribution in [2.45, 2.75) is 30.7 Å². The zero-order valence-corrected chi connectivity index (χ0v) is 14.8. The van der Waals surface area contributed by atoms with Crippen LogP contribution in [0, 0.1) is 0 Å². The number of hydrogen-bond acceptors (Lipinski definition) is 3. The Kier molecular flexibility index (Phi) is 5.99. The summed E-state index contributed by atoms with van der Waals surface area (Å²) < 4.78 is 22.4. The van der Waals surface area contributed by atoms with Crippen LogP contribution in [0.1, 0.15) is 30.5 Å². The summed E-state index contributed by atoms with van der Waals surface area (Å²) in [5, 5.41) is 8.59. The number of sulfonamides is 1. The number of primary sulfonamides is 1. The van der Waals surface area contributed by atoms with Crippen molar-refractivity contribution in [3.05, 3.63) is 64.7 Å². The summed E-state index contributed by atoms with van der Waals surface area (Å²) in [5.74, 6) is -0.0852. The average Bonchev–Trinajstić information content (AvgIpc) is 2.52. The lowest BCUT2D eigenvalue weighted by molar-refractivity contribution is -0.121. The lowest BCUT2D eigenvalue weighted by Crippen LogP contribution is -2.26. The van der Waals surface area contributed by atoms with Crippen molar-refractivity contribution in [1.82, 2.24) is 5.32 Å². The number of nitrogens with two attached hydrogens (primary N) is 1. The van der Waals surface area contributed by atoms with Crippen LogP contribution >= 0.6 is 11.6 Å². The molecule has 0 fully saturated rings. The van der Waals surface area contributed by atoms with E-state index < -0.39 is 10.0 Å². The number of rotatable bonds is 6. The maximum atomic E-state index is 12.1. The number of carbonyl (C=O) groups excluding carboxylic acids is 1. The quantitative estimate of drug-likeness (QED) is 0.823. The van der Waals surface area contributed by atoms with Crippen LogP contribution in [0.2, 0.25) is 5.02 Å². The molecule has 0 heterocycles. The minimum atomic E-state index is -3.69. The van der Waals surface area contributed by atoms with Crippen molar-refractivity contribution in [3.8, 4) is 0 Å². The Balaban J connectivity index is 1.89. The van der Waals surface area contributed by atoms with Crippen LogP contribution in [-0.2, 0) is 21.2 Å². The van der Waals surface area contributed by atoms with E-state index in [0.29, 0.717) is 17.9 Å². The molecule has 0 radical (unpaired) electrons. The SMILES string of the molecule is C[C@@H](NC(=O)CCc1ccc(S(N)(=O)=O)cc1)c1cccc(Cl)c1. The van der Waals surface area contributed by atoms with E-state index in [-0.39, 0.29) is 16.8 Å². The van der Waals surface area contributed by atoms with E-state index in [0.717, 1.165) is 11.1 Å². The first-order valence-corrected chi connectivity index (χ1v) is 9.35.